The second-order valence-corrected chi connectivity index (χ2v) is 6.94. The number of methoxy groups -OCH3 is 1. The van der Waals surface area contributed by atoms with Crippen LogP contribution in [0.3, 0.4) is 0 Å². The molecule has 1 atom stereocenters. The third kappa shape index (κ3) is 3.87. The molecule has 0 aromatic heterocycles. The van der Waals surface area contributed by atoms with Crippen LogP contribution in [0.4, 0.5) is 5.69 Å². The predicted molar refractivity (Wildman–Crippen MR) is 80.9 cm³/mol. The first-order valence-corrected chi connectivity index (χ1v) is 8.47. The molecule has 1 saturated heterocycles. The maximum Gasteiger partial charge on any atom is 0.244 e. The summed E-state index contributed by atoms with van der Waals surface area (Å²) in [6.07, 6.45) is 2.90. The number of nitrogens with two attached hydrogens (primary N) is 1. The Morgan fingerprint density at radius 1 is 1.43 bits per heavy atom. The van der Waals surface area contributed by atoms with Crippen molar-refractivity contribution in [2.45, 2.75) is 37.2 Å². The van der Waals surface area contributed by atoms with Gasteiger partial charge >= 0.3 is 0 Å². The van der Waals surface area contributed by atoms with E-state index in [1.165, 1.54) is 13.2 Å². The Bertz CT molecular complexity index is 595. The molecular weight excluding hydrogens is 292 g/mol. The van der Waals surface area contributed by atoms with E-state index < -0.39 is 10.0 Å². The van der Waals surface area contributed by atoms with E-state index in [1.54, 1.807) is 13.0 Å². The van der Waals surface area contributed by atoms with Crippen LogP contribution in [0.2, 0.25) is 0 Å². The summed E-state index contributed by atoms with van der Waals surface area (Å²) in [7, 11) is -2.24. The molecular formula is C14H22N2O4S. The Morgan fingerprint density at radius 2 is 2.19 bits per heavy atom. The number of sulfonamides is 1. The Morgan fingerprint density at radius 3 is 2.81 bits per heavy atom. The van der Waals surface area contributed by atoms with Crippen LogP contribution in [0.15, 0.2) is 17.0 Å². The van der Waals surface area contributed by atoms with Gasteiger partial charge in [0.15, 0.2) is 0 Å². The molecule has 1 aromatic carbocycles. The quantitative estimate of drug-likeness (QED) is 0.802. The van der Waals surface area contributed by atoms with Crippen LogP contribution in [0, 0.1) is 6.92 Å². The topological polar surface area (TPSA) is 90.7 Å². The second-order valence-electron chi connectivity index (χ2n) is 5.20. The van der Waals surface area contributed by atoms with E-state index in [0.29, 0.717) is 18.0 Å². The molecule has 0 aliphatic carbocycles. The molecule has 1 aliphatic rings. The average molecular weight is 314 g/mol. The lowest BCUT2D eigenvalue weighted by Gasteiger charge is -2.23. The molecule has 0 spiro atoms. The van der Waals surface area contributed by atoms with Gasteiger partial charge in [-0.2, -0.15) is 0 Å². The van der Waals surface area contributed by atoms with Crippen molar-refractivity contribution in [1.29, 1.82) is 0 Å². The Balaban J connectivity index is 2.16. The molecule has 0 bridgehead atoms. The average Bonchev–Trinajstić information content (AvgIpc) is 2.48. The summed E-state index contributed by atoms with van der Waals surface area (Å²) in [5.74, 6) is 0.291. The molecule has 1 aromatic rings. The molecule has 1 heterocycles. The Labute approximate surface area is 125 Å². The number of benzene rings is 1. The zero-order valence-corrected chi connectivity index (χ0v) is 13.2. The van der Waals surface area contributed by atoms with Gasteiger partial charge in [0, 0.05) is 18.8 Å². The lowest BCUT2D eigenvalue weighted by atomic mass is 10.1. The van der Waals surface area contributed by atoms with Gasteiger partial charge in [-0.1, -0.05) is 0 Å². The monoisotopic (exact) mass is 314 g/mol. The van der Waals surface area contributed by atoms with E-state index in [-0.39, 0.29) is 17.5 Å². The van der Waals surface area contributed by atoms with Crippen LogP contribution in [-0.4, -0.2) is 34.8 Å². The second kappa shape index (κ2) is 6.64. The maximum atomic E-state index is 12.4. The van der Waals surface area contributed by atoms with E-state index in [4.69, 9.17) is 15.2 Å². The number of nitrogens with one attached hydrogen (secondary N) is 1. The maximum absolute atomic E-state index is 12.4. The largest absolute Gasteiger partial charge is 0.495 e. The van der Waals surface area contributed by atoms with Crippen molar-refractivity contribution < 1.29 is 17.9 Å². The minimum absolute atomic E-state index is 0.0592. The van der Waals surface area contributed by atoms with E-state index in [0.717, 1.165) is 24.8 Å². The summed E-state index contributed by atoms with van der Waals surface area (Å²) in [5, 5.41) is 0. The van der Waals surface area contributed by atoms with Crippen molar-refractivity contribution in [3.8, 4) is 5.75 Å². The molecule has 0 radical (unpaired) electrons. The molecule has 21 heavy (non-hydrogen) atoms. The number of ether oxygens (including phenoxy) is 2. The van der Waals surface area contributed by atoms with Gasteiger partial charge in [-0.25, -0.2) is 13.1 Å². The van der Waals surface area contributed by atoms with Gasteiger partial charge in [0.2, 0.25) is 10.0 Å². The highest BCUT2D eigenvalue weighted by molar-refractivity contribution is 7.89. The van der Waals surface area contributed by atoms with E-state index in [9.17, 15) is 8.42 Å². The number of aryl methyl sites for hydroxylation is 1. The first-order chi connectivity index (χ1) is 9.94. The molecule has 0 saturated carbocycles. The standard InChI is InChI=1S/C14H22N2O4S/c1-10-7-13(19-2)14(8-12(10)15)21(17,18)16-9-11-5-3-4-6-20-11/h7-8,11,16H,3-6,9,15H2,1-2H3. The minimum Gasteiger partial charge on any atom is -0.495 e. The van der Waals surface area contributed by atoms with Crippen LogP contribution >= 0.6 is 0 Å². The highest BCUT2D eigenvalue weighted by atomic mass is 32.2. The van der Waals surface area contributed by atoms with Crippen molar-refractivity contribution in [2.24, 2.45) is 0 Å². The predicted octanol–water partition coefficient (Wildman–Crippen LogP) is 1.43. The summed E-state index contributed by atoms with van der Waals surface area (Å²) in [4.78, 5) is 0.0592. The van der Waals surface area contributed by atoms with Gasteiger partial charge in [-0.15, -0.1) is 0 Å². The highest BCUT2D eigenvalue weighted by Gasteiger charge is 2.23. The van der Waals surface area contributed by atoms with Gasteiger partial charge < -0.3 is 15.2 Å². The Hall–Kier alpha value is -1.31. The Kier molecular flexibility index (Phi) is 5.08. The van der Waals surface area contributed by atoms with E-state index in [2.05, 4.69) is 4.72 Å². The van der Waals surface area contributed by atoms with Gasteiger partial charge in [0.1, 0.15) is 10.6 Å². The first-order valence-electron chi connectivity index (χ1n) is 6.99. The summed E-state index contributed by atoms with van der Waals surface area (Å²) in [6, 6.07) is 3.05. The third-order valence-electron chi connectivity index (χ3n) is 3.62. The van der Waals surface area contributed by atoms with Gasteiger partial charge in [-0.3, -0.25) is 0 Å². The SMILES string of the molecule is COc1cc(C)c(N)cc1S(=O)(=O)NCC1CCCCO1. The number of hydrogen-bond acceptors (Lipinski definition) is 5. The summed E-state index contributed by atoms with van der Waals surface area (Å²) in [5.41, 5.74) is 7.01. The first kappa shape index (κ1) is 16.1. The minimum atomic E-state index is -3.68. The summed E-state index contributed by atoms with van der Waals surface area (Å²) in [6.45, 7) is 2.75. The molecule has 118 valence electrons. The molecule has 1 fully saturated rings. The van der Waals surface area contributed by atoms with E-state index in [1.807, 2.05) is 0 Å². The van der Waals surface area contributed by atoms with Crippen LogP contribution < -0.4 is 15.2 Å². The van der Waals surface area contributed by atoms with E-state index >= 15 is 0 Å². The fourth-order valence-electron chi connectivity index (χ4n) is 2.30. The molecule has 6 nitrogen and oxygen atoms in total. The molecule has 1 aliphatic heterocycles. The van der Waals surface area contributed by atoms with Crippen LogP contribution in [0.5, 0.6) is 5.75 Å². The fourth-order valence-corrected chi connectivity index (χ4v) is 3.55. The molecule has 2 rings (SSSR count). The zero-order valence-electron chi connectivity index (χ0n) is 12.4. The molecule has 0 amide bonds. The summed E-state index contributed by atoms with van der Waals surface area (Å²) >= 11 is 0. The van der Waals surface area contributed by atoms with Gasteiger partial charge in [0.05, 0.1) is 13.2 Å². The normalized spacial score (nSPS) is 19.4. The number of hydrogen-bond donors (Lipinski definition) is 2. The summed E-state index contributed by atoms with van der Waals surface area (Å²) < 4.78 is 38.1. The third-order valence-corrected chi connectivity index (χ3v) is 5.06. The van der Waals surface area contributed by atoms with Crippen molar-refractivity contribution >= 4 is 15.7 Å². The van der Waals surface area contributed by atoms with Crippen molar-refractivity contribution in [2.75, 3.05) is 26.0 Å². The van der Waals surface area contributed by atoms with Crippen LogP contribution in [0.1, 0.15) is 24.8 Å². The fraction of sp³-hybridized carbons (Fsp3) is 0.571. The molecule has 1 unspecified atom stereocenters. The molecule has 7 heteroatoms. The number of rotatable bonds is 5. The van der Waals surface area contributed by atoms with Gasteiger partial charge in [-0.05, 0) is 43.9 Å². The van der Waals surface area contributed by atoms with Crippen molar-refractivity contribution in [3.63, 3.8) is 0 Å². The molecule has 3 N–H and O–H groups in total. The number of nitrogen functional groups attached to an aromatic ring is 1. The highest BCUT2D eigenvalue weighted by Crippen LogP contribution is 2.28. The van der Waals surface area contributed by atoms with Crippen molar-refractivity contribution in [3.05, 3.63) is 17.7 Å². The van der Waals surface area contributed by atoms with Crippen molar-refractivity contribution in [1.82, 2.24) is 4.72 Å². The van der Waals surface area contributed by atoms with Gasteiger partial charge in [0.25, 0.3) is 0 Å². The smallest absolute Gasteiger partial charge is 0.244 e. The number of anilines is 1. The lowest BCUT2D eigenvalue weighted by molar-refractivity contribution is 0.0200. The zero-order chi connectivity index (χ0) is 15.5. The van der Waals surface area contributed by atoms with Crippen LogP contribution in [0.25, 0.3) is 0 Å². The lowest BCUT2D eigenvalue weighted by Crippen LogP contribution is -2.35. The van der Waals surface area contributed by atoms with Crippen LogP contribution in [-0.2, 0) is 14.8 Å².